The van der Waals surface area contributed by atoms with Gasteiger partial charge in [0.15, 0.2) is 0 Å². The number of benzene rings is 2. The van der Waals surface area contributed by atoms with Crippen molar-refractivity contribution in [2.45, 2.75) is 0 Å². The Kier molecular flexibility index (Phi) is 5.03. The van der Waals surface area contributed by atoms with Crippen molar-refractivity contribution in [3.63, 3.8) is 0 Å². The van der Waals surface area contributed by atoms with E-state index in [0.29, 0.717) is 29.4 Å². The molecule has 2 aromatic rings. The lowest BCUT2D eigenvalue weighted by molar-refractivity contribution is 0.100. The van der Waals surface area contributed by atoms with Crippen LogP contribution in [0.5, 0.6) is 5.75 Å². The average molecular weight is 306 g/mol. The number of nitrogens with two attached hydrogens (primary N) is 2. The van der Waals surface area contributed by atoms with Crippen LogP contribution in [0.15, 0.2) is 42.5 Å². The molecule has 0 heterocycles. The molecule has 5 N–H and O–H groups in total. The molecule has 5 nitrogen and oxygen atoms in total. The molecule has 0 aliphatic rings. The number of ether oxygens (including phenoxy) is 1. The van der Waals surface area contributed by atoms with Crippen LogP contribution in [0.25, 0.3) is 0 Å². The van der Waals surface area contributed by atoms with Gasteiger partial charge in [0.2, 0.25) is 5.91 Å². The molecule has 2 aromatic carbocycles. The van der Waals surface area contributed by atoms with E-state index in [1.807, 2.05) is 24.3 Å². The van der Waals surface area contributed by atoms with E-state index in [-0.39, 0.29) is 0 Å². The topological polar surface area (TPSA) is 90.4 Å². The van der Waals surface area contributed by atoms with E-state index in [0.717, 1.165) is 11.4 Å². The second-order valence-electron chi connectivity index (χ2n) is 4.35. The third-order valence-corrected chi connectivity index (χ3v) is 3.07. The molecule has 0 atom stereocenters. The summed E-state index contributed by atoms with van der Waals surface area (Å²) < 4.78 is 5.46. The zero-order valence-electron chi connectivity index (χ0n) is 11.3. The van der Waals surface area contributed by atoms with Gasteiger partial charge in [0.1, 0.15) is 12.4 Å². The van der Waals surface area contributed by atoms with Crippen LogP contribution in [0.1, 0.15) is 10.4 Å². The Balaban J connectivity index is 2.16. The van der Waals surface area contributed by atoms with Gasteiger partial charge in [0, 0.05) is 23.9 Å². The van der Waals surface area contributed by atoms with Crippen molar-refractivity contribution in [3.05, 3.63) is 53.1 Å². The Labute approximate surface area is 127 Å². The Morgan fingerprint density at radius 1 is 1.24 bits per heavy atom. The van der Waals surface area contributed by atoms with Gasteiger partial charge in [-0.2, -0.15) is 0 Å². The minimum atomic E-state index is -0.513. The minimum Gasteiger partial charge on any atom is -0.492 e. The van der Waals surface area contributed by atoms with Gasteiger partial charge in [-0.1, -0.05) is 17.7 Å². The smallest absolute Gasteiger partial charge is 0.248 e. The molecule has 2 rings (SSSR count). The molecule has 0 fully saturated rings. The Hall–Kier alpha value is -2.24. The third kappa shape index (κ3) is 4.11. The Morgan fingerprint density at radius 3 is 2.71 bits per heavy atom. The SMILES string of the molecule is NCCOc1cccc(Nc2ccc(C(N)=O)cc2Cl)c1. The molecule has 6 heteroatoms. The maximum absolute atomic E-state index is 11.1. The van der Waals surface area contributed by atoms with Crippen LogP contribution < -0.4 is 21.5 Å². The summed E-state index contributed by atoms with van der Waals surface area (Å²) in [7, 11) is 0. The van der Waals surface area contributed by atoms with Crippen molar-refractivity contribution in [1.82, 2.24) is 0 Å². The van der Waals surface area contributed by atoms with Gasteiger partial charge < -0.3 is 21.5 Å². The average Bonchev–Trinajstić information content (AvgIpc) is 2.47. The molecule has 0 aliphatic heterocycles. The van der Waals surface area contributed by atoms with Crippen LogP contribution in [-0.4, -0.2) is 19.1 Å². The van der Waals surface area contributed by atoms with Gasteiger partial charge >= 0.3 is 0 Å². The highest BCUT2D eigenvalue weighted by Crippen LogP contribution is 2.28. The van der Waals surface area contributed by atoms with Gasteiger partial charge in [0.05, 0.1) is 10.7 Å². The molecule has 0 radical (unpaired) electrons. The van der Waals surface area contributed by atoms with Crippen molar-refractivity contribution in [2.24, 2.45) is 11.5 Å². The predicted octanol–water partition coefficient (Wildman–Crippen LogP) is 2.52. The lowest BCUT2D eigenvalue weighted by Gasteiger charge is -2.11. The molecule has 1 amide bonds. The number of halogens is 1. The molecule has 0 unspecified atom stereocenters. The number of anilines is 2. The van der Waals surface area contributed by atoms with E-state index >= 15 is 0 Å². The summed E-state index contributed by atoms with van der Waals surface area (Å²) in [6.07, 6.45) is 0. The molecule has 0 aromatic heterocycles. The van der Waals surface area contributed by atoms with Gasteiger partial charge in [-0.05, 0) is 30.3 Å². The van der Waals surface area contributed by atoms with Gasteiger partial charge in [-0.15, -0.1) is 0 Å². The van der Waals surface area contributed by atoms with E-state index in [2.05, 4.69) is 5.32 Å². The number of carbonyl (C=O) groups is 1. The summed E-state index contributed by atoms with van der Waals surface area (Å²) in [5.74, 6) is 0.205. The van der Waals surface area contributed by atoms with Crippen LogP contribution in [0, 0.1) is 0 Å². The maximum atomic E-state index is 11.1. The zero-order chi connectivity index (χ0) is 15.2. The maximum Gasteiger partial charge on any atom is 0.248 e. The van der Waals surface area contributed by atoms with Crippen LogP contribution >= 0.6 is 11.6 Å². The first-order valence-electron chi connectivity index (χ1n) is 6.39. The van der Waals surface area contributed by atoms with Crippen LogP contribution in [0.4, 0.5) is 11.4 Å². The van der Waals surface area contributed by atoms with Crippen LogP contribution in [0.3, 0.4) is 0 Å². The second kappa shape index (κ2) is 6.97. The number of amides is 1. The molecule has 0 spiro atoms. The van der Waals surface area contributed by atoms with Crippen molar-refractivity contribution in [1.29, 1.82) is 0 Å². The van der Waals surface area contributed by atoms with Crippen molar-refractivity contribution in [3.8, 4) is 5.75 Å². The summed E-state index contributed by atoms with van der Waals surface area (Å²) in [4.78, 5) is 11.1. The molecule has 21 heavy (non-hydrogen) atoms. The fraction of sp³-hybridized carbons (Fsp3) is 0.133. The number of carbonyl (C=O) groups excluding carboxylic acids is 1. The van der Waals surface area contributed by atoms with Crippen molar-refractivity contribution >= 4 is 28.9 Å². The lowest BCUT2D eigenvalue weighted by Crippen LogP contribution is -2.11. The number of hydrogen-bond acceptors (Lipinski definition) is 4. The monoisotopic (exact) mass is 305 g/mol. The standard InChI is InChI=1S/C15H16ClN3O2/c16-13-8-10(15(18)20)4-5-14(13)19-11-2-1-3-12(9-11)21-7-6-17/h1-5,8-9,19H,6-7,17H2,(H2,18,20). The normalized spacial score (nSPS) is 10.2. The highest BCUT2D eigenvalue weighted by atomic mass is 35.5. The minimum absolute atomic E-state index is 0.366. The molecule has 0 aliphatic carbocycles. The van der Waals surface area contributed by atoms with Crippen LogP contribution in [0.2, 0.25) is 5.02 Å². The molecule has 0 bridgehead atoms. The van der Waals surface area contributed by atoms with E-state index < -0.39 is 5.91 Å². The zero-order valence-corrected chi connectivity index (χ0v) is 12.1. The summed E-state index contributed by atoms with van der Waals surface area (Å²) >= 11 is 6.13. The molecular formula is C15H16ClN3O2. The number of hydrogen-bond donors (Lipinski definition) is 3. The first kappa shape index (κ1) is 15.2. The summed E-state index contributed by atoms with van der Waals surface area (Å²) in [5.41, 5.74) is 12.5. The summed E-state index contributed by atoms with van der Waals surface area (Å²) in [6.45, 7) is 0.912. The number of primary amides is 1. The lowest BCUT2D eigenvalue weighted by atomic mass is 10.2. The van der Waals surface area contributed by atoms with Crippen LogP contribution in [-0.2, 0) is 0 Å². The molecule has 0 saturated carbocycles. The summed E-state index contributed by atoms with van der Waals surface area (Å²) in [5, 5.41) is 3.58. The fourth-order valence-corrected chi connectivity index (χ4v) is 1.99. The Morgan fingerprint density at radius 2 is 2.05 bits per heavy atom. The number of rotatable bonds is 6. The molecular weight excluding hydrogens is 290 g/mol. The van der Waals surface area contributed by atoms with E-state index in [9.17, 15) is 4.79 Å². The van der Waals surface area contributed by atoms with Crippen molar-refractivity contribution < 1.29 is 9.53 Å². The first-order valence-corrected chi connectivity index (χ1v) is 6.77. The third-order valence-electron chi connectivity index (χ3n) is 2.75. The highest BCUT2D eigenvalue weighted by molar-refractivity contribution is 6.33. The second-order valence-corrected chi connectivity index (χ2v) is 4.76. The van der Waals surface area contributed by atoms with E-state index in [1.165, 1.54) is 6.07 Å². The van der Waals surface area contributed by atoms with E-state index in [1.54, 1.807) is 12.1 Å². The fourth-order valence-electron chi connectivity index (χ4n) is 1.77. The van der Waals surface area contributed by atoms with Gasteiger partial charge in [-0.25, -0.2) is 0 Å². The highest BCUT2D eigenvalue weighted by Gasteiger charge is 2.06. The predicted molar refractivity (Wildman–Crippen MR) is 84.2 cm³/mol. The molecule has 0 saturated heterocycles. The van der Waals surface area contributed by atoms with Gasteiger partial charge in [0.25, 0.3) is 0 Å². The van der Waals surface area contributed by atoms with Gasteiger partial charge in [-0.3, -0.25) is 4.79 Å². The largest absolute Gasteiger partial charge is 0.492 e. The number of nitrogens with one attached hydrogen (secondary N) is 1. The first-order chi connectivity index (χ1) is 10.1. The molecule has 110 valence electrons. The quantitative estimate of drug-likeness (QED) is 0.765. The Bertz CT molecular complexity index is 647. The summed E-state index contributed by atoms with van der Waals surface area (Å²) in [6, 6.07) is 12.3. The van der Waals surface area contributed by atoms with E-state index in [4.69, 9.17) is 27.8 Å². The van der Waals surface area contributed by atoms with Crippen molar-refractivity contribution in [2.75, 3.05) is 18.5 Å².